The van der Waals surface area contributed by atoms with Crippen LogP contribution in [0.3, 0.4) is 0 Å². The van der Waals surface area contributed by atoms with Crippen LogP contribution in [0, 0.1) is 6.92 Å². The van der Waals surface area contributed by atoms with Gasteiger partial charge in [0.2, 0.25) is 5.91 Å². The summed E-state index contributed by atoms with van der Waals surface area (Å²) in [7, 11) is 1.61. The maximum Gasteiger partial charge on any atom is 0.224 e. The van der Waals surface area contributed by atoms with Crippen molar-refractivity contribution in [1.29, 1.82) is 0 Å². The highest BCUT2D eigenvalue weighted by Crippen LogP contribution is 2.28. The van der Waals surface area contributed by atoms with Crippen molar-refractivity contribution in [2.24, 2.45) is 0 Å². The Morgan fingerprint density at radius 2 is 1.87 bits per heavy atom. The molecule has 0 aliphatic carbocycles. The second-order valence-electron chi connectivity index (χ2n) is 7.34. The molecule has 4 aromatic rings. The summed E-state index contributed by atoms with van der Waals surface area (Å²) in [4.78, 5) is 20.2. The summed E-state index contributed by atoms with van der Waals surface area (Å²) < 4.78 is 11.2. The molecule has 6 heteroatoms. The number of aromatic nitrogens is 2. The fourth-order valence-corrected chi connectivity index (χ4v) is 3.52. The van der Waals surface area contributed by atoms with Crippen LogP contribution >= 0.6 is 0 Å². The van der Waals surface area contributed by atoms with Crippen LogP contribution in [0.5, 0.6) is 11.5 Å². The van der Waals surface area contributed by atoms with Gasteiger partial charge in [-0.1, -0.05) is 42.5 Å². The minimum atomic E-state index is -0.268. The van der Waals surface area contributed by atoms with Crippen LogP contribution in [0.2, 0.25) is 0 Å². The van der Waals surface area contributed by atoms with Gasteiger partial charge in [-0.25, -0.2) is 4.98 Å². The molecule has 0 spiro atoms. The average Bonchev–Trinajstić information content (AvgIpc) is 3.27. The number of nitrogens with zero attached hydrogens (tertiary/aromatic N) is 1. The van der Waals surface area contributed by atoms with Gasteiger partial charge in [0.05, 0.1) is 43.5 Å². The zero-order valence-corrected chi connectivity index (χ0v) is 17.6. The molecule has 0 radical (unpaired) electrons. The van der Waals surface area contributed by atoms with Crippen molar-refractivity contribution in [3.05, 3.63) is 89.7 Å². The van der Waals surface area contributed by atoms with E-state index < -0.39 is 0 Å². The smallest absolute Gasteiger partial charge is 0.224 e. The monoisotopic (exact) mass is 415 g/mol. The molecule has 1 unspecified atom stereocenters. The van der Waals surface area contributed by atoms with Crippen LogP contribution in [0.25, 0.3) is 11.0 Å². The van der Waals surface area contributed by atoms with Crippen molar-refractivity contribution in [1.82, 2.24) is 15.3 Å². The number of ether oxygens (including phenoxy) is 2. The van der Waals surface area contributed by atoms with Gasteiger partial charge in [0.1, 0.15) is 0 Å². The molecule has 0 bridgehead atoms. The van der Waals surface area contributed by atoms with E-state index >= 15 is 0 Å². The zero-order valence-electron chi connectivity index (χ0n) is 17.6. The third-order valence-corrected chi connectivity index (χ3v) is 5.12. The van der Waals surface area contributed by atoms with Gasteiger partial charge in [-0.3, -0.25) is 4.79 Å². The number of aryl methyl sites for hydroxylation is 1. The molecule has 0 saturated carbocycles. The van der Waals surface area contributed by atoms with E-state index in [-0.39, 0.29) is 25.0 Å². The van der Waals surface area contributed by atoms with Crippen LogP contribution in [0.1, 0.15) is 29.2 Å². The maximum absolute atomic E-state index is 12.8. The molecule has 6 nitrogen and oxygen atoms in total. The van der Waals surface area contributed by atoms with Crippen molar-refractivity contribution >= 4 is 16.9 Å². The van der Waals surface area contributed by atoms with Crippen LogP contribution < -0.4 is 14.8 Å². The number of hydrogen-bond acceptors (Lipinski definition) is 4. The number of fused-ring (bicyclic) bond motifs is 1. The molecule has 1 atom stereocenters. The van der Waals surface area contributed by atoms with Crippen molar-refractivity contribution in [2.75, 3.05) is 13.7 Å². The Morgan fingerprint density at radius 3 is 2.68 bits per heavy atom. The van der Waals surface area contributed by atoms with Gasteiger partial charge in [0.15, 0.2) is 11.5 Å². The minimum absolute atomic E-state index is 0.0929. The first-order valence-corrected chi connectivity index (χ1v) is 10.2. The standard InChI is InChI=1S/C25H25N3O3/c1-17-8-11-22(23(14-17)30-2)31-13-12-24(29)28-25(18-6-4-3-5-7-18)19-9-10-20-21(15-19)27-16-26-20/h3-11,14-16,25H,12-13H2,1-2H3,(H,26,27)(H,28,29). The van der Waals surface area contributed by atoms with Gasteiger partial charge in [-0.05, 0) is 47.9 Å². The number of nitrogens with one attached hydrogen (secondary N) is 2. The van der Waals surface area contributed by atoms with E-state index in [0.29, 0.717) is 11.5 Å². The largest absolute Gasteiger partial charge is 0.493 e. The number of amides is 1. The second kappa shape index (κ2) is 9.34. The highest BCUT2D eigenvalue weighted by molar-refractivity contribution is 5.78. The molecule has 1 heterocycles. The molecule has 0 saturated heterocycles. The molecular formula is C25H25N3O3. The van der Waals surface area contributed by atoms with Gasteiger partial charge in [-0.15, -0.1) is 0 Å². The van der Waals surface area contributed by atoms with Gasteiger partial charge in [0.25, 0.3) is 0 Å². The number of methoxy groups -OCH3 is 1. The van der Waals surface area contributed by atoms with Crippen LogP contribution in [-0.2, 0) is 4.79 Å². The summed E-state index contributed by atoms with van der Waals surface area (Å²) >= 11 is 0. The fourth-order valence-electron chi connectivity index (χ4n) is 3.52. The SMILES string of the molecule is COc1cc(C)ccc1OCCC(=O)NC(c1ccccc1)c1ccc2nc[nH]c2c1. The number of aromatic amines is 1. The summed E-state index contributed by atoms with van der Waals surface area (Å²) in [6, 6.07) is 21.3. The predicted octanol–water partition coefficient (Wildman–Crippen LogP) is 4.55. The average molecular weight is 415 g/mol. The van der Waals surface area contributed by atoms with Crippen LogP contribution in [0.4, 0.5) is 0 Å². The molecule has 1 aromatic heterocycles. The number of benzene rings is 3. The molecule has 1 amide bonds. The first-order chi connectivity index (χ1) is 15.1. The molecule has 0 aliphatic rings. The van der Waals surface area contributed by atoms with Gasteiger partial charge in [-0.2, -0.15) is 0 Å². The summed E-state index contributed by atoms with van der Waals surface area (Å²) in [5.74, 6) is 1.20. The Labute approximate surface area is 181 Å². The number of rotatable bonds is 8. The van der Waals surface area contributed by atoms with E-state index in [1.54, 1.807) is 13.4 Å². The van der Waals surface area contributed by atoms with Gasteiger partial charge < -0.3 is 19.8 Å². The molecule has 3 aromatic carbocycles. The van der Waals surface area contributed by atoms with E-state index in [1.165, 1.54) is 0 Å². The number of carbonyl (C=O) groups excluding carboxylic acids is 1. The lowest BCUT2D eigenvalue weighted by atomic mass is 9.98. The van der Waals surface area contributed by atoms with Crippen LogP contribution in [0.15, 0.2) is 73.1 Å². The van der Waals surface area contributed by atoms with E-state index in [0.717, 1.165) is 27.7 Å². The van der Waals surface area contributed by atoms with Crippen molar-refractivity contribution in [3.8, 4) is 11.5 Å². The second-order valence-corrected chi connectivity index (χ2v) is 7.34. The summed E-state index contributed by atoms with van der Waals surface area (Å²) in [6.07, 6.45) is 1.90. The highest BCUT2D eigenvalue weighted by atomic mass is 16.5. The fraction of sp³-hybridized carbons (Fsp3) is 0.200. The summed E-state index contributed by atoms with van der Waals surface area (Å²) in [5.41, 5.74) is 4.90. The lowest BCUT2D eigenvalue weighted by Crippen LogP contribution is -2.30. The number of carbonyl (C=O) groups is 1. The first kappa shape index (κ1) is 20.5. The predicted molar refractivity (Wildman–Crippen MR) is 120 cm³/mol. The molecule has 31 heavy (non-hydrogen) atoms. The van der Waals surface area contributed by atoms with Gasteiger partial charge >= 0.3 is 0 Å². The molecule has 0 fully saturated rings. The third-order valence-electron chi connectivity index (χ3n) is 5.12. The number of H-pyrrole nitrogens is 1. The van der Waals surface area contributed by atoms with E-state index in [2.05, 4.69) is 15.3 Å². The van der Waals surface area contributed by atoms with Crippen molar-refractivity contribution in [3.63, 3.8) is 0 Å². The quantitative estimate of drug-likeness (QED) is 0.443. The number of hydrogen-bond donors (Lipinski definition) is 2. The number of imidazole rings is 1. The lowest BCUT2D eigenvalue weighted by molar-refractivity contribution is -0.122. The normalized spacial score (nSPS) is 11.8. The third kappa shape index (κ3) is 4.86. The summed E-state index contributed by atoms with van der Waals surface area (Å²) in [5, 5.41) is 3.15. The highest BCUT2D eigenvalue weighted by Gasteiger charge is 2.18. The Bertz CT molecular complexity index is 1170. The Kier molecular flexibility index (Phi) is 6.17. The van der Waals surface area contributed by atoms with Crippen molar-refractivity contribution in [2.45, 2.75) is 19.4 Å². The zero-order chi connectivity index (χ0) is 21.6. The summed E-state index contributed by atoms with van der Waals surface area (Å²) in [6.45, 7) is 2.25. The topological polar surface area (TPSA) is 76.2 Å². The van der Waals surface area contributed by atoms with E-state index in [1.807, 2.05) is 73.7 Å². The molecule has 4 rings (SSSR count). The first-order valence-electron chi connectivity index (χ1n) is 10.2. The lowest BCUT2D eigenvalue weighted by Gasteiger charge is -2.20. The Hall–Kier alpha value is -3.80. The molecular weight excluding hydrogens is 390 g/mol. The molecule has 158 valence electrons. The van der Waals surface area contributed by atoms with E-state index in [4.69, 9.17) is 9.47 Å². The molecule has 2 N–H and O–H groups in total. The minimum Gasteiger partial charge on any atom is -0.493 e. The molecule has 0 aliphatic heterocycles. The van der Waals surface area contributed by atoms with E-state index in [9.17, 15) is 4.79 Å². The van der Waals surface area contributed by atoms with Crippen molar-refractivity contribution < 1.29 is 14.3 Å². The maximum atomic E-state index is 12.8. The Balaban J connectivity index is 1.46. The Morgan fingerprint density at radius 1 is 1.03 bits per heavy atom. The van der Waals surface area contributed by atoms with Crippen LogP contribution in [-0.4, -0.2) is 29.6 Å². The van der Waals surface area contributed by atoms with Gasteiger partial charge in [0, 0.05) is 0 Å².